The van der Waals surface area contributed by atoms with Crippen LogP contribution in [0.15, 0.2) is 0 Å². The monoisotopic (exact) mass is 251 g/mol. The molecule has 1 fully saturated rings. The van der Waals surface area contributed by atoms with Gasteiger partial charge in [0.05, 0.1) is 17.1 Å². The molecule has 2 nitrogen and oxygen atoms in total. The molecular formula is C16H29NO. The fraction of sp³-hybridized carbons (Fsp3) is 0.938. The van der Waals surface area contributed by atoms with Crippen molar-refractivity contribution in [2.75, 3.05) is 0 Å². The third-order valence-corrected chi connectivity index (χ3v) is 5.58. The van der Waals surface area contributed by atoms with Crippen LogP contribution in [0.2, 0.25) is 0 Å². The van der Waals surface area contributed by atoms with Gasteiger partial charge in [0.15, 0.2) is 0 Å². The Hall–Kier alpha value is -0.550. The van der Waals surface area contributed by atoms with Crippen molar-refractivity contribution in [3.63, 3.8) is 0 Å². The van der Waals surface area contributed by atoms with Gasteiger partial charge in [0.1, 0.15) is 0 Å². The molecular weight excluding hydrogens is 222 g/mol. The minimum Gasteiger partial charge on any atom is -0.388 e. The van der Waals surface area contributed by atoms with Gasteiger partial charge in [-0.1, -0.05) is 34.1 Å². The van der Waals surface area contributed by atoms with Crippen molar-refractivity contribution in [2.45, 2.75) is 72.3 Å². The number of nitriles is 1. The Morgan fingerprint density at radius 1 is 1.33 bits per heavy atom. The number of rotatable bonds is 4. The molecule has 2 heteroatoms. The molecule has 0 aromatic carbocycles. The van der Waals surface area contributed by atoms with Crippen LogP contribution in [0.4, 0.5) is 0 Å². The van der Waals surface area contributed by atoms with Crippen LogP contribution in [0.25, 0.3) is 0 Å². The van der Waals surface area contributed by atoms with Gasteiger partial charge in [0.25, 0.3) is 0 Å². The van der Waals surface area contributed by atoms with Gasteiger partial charge in [-0.2, -0.15) is 5.26 Å². The van der Waals surface area contributed by atoms with Crippen LogP contribution in [0.3, 0.4) is 0 Å². The molecule has 0 aromatic heterocycles. The molecule has 1 aliphatic rings. The minimum atomic E-state index is -0.863. The molecule has 1 saturated carbocycles. The molecule has 0 saturated heterocycles. The van der Waals surface area contributed by atoms with E-state index in [0.29, 0.717) is 5.92 Å². The summed E-state index contributed by atoms with van der Waals surface area (Å²) < 4.78 is 0. The van der Waals surface area contributed by atoms with Gasteiger partial charge in [-0.15, -0.1) is 0 Å². The van der Waals surface area contributed by atoms with Crippen LogP contribution in [0.5, 0.6) is 0 Å². The lowest BCUT2D eigenvalue weighted by Gasteiger charge is -2.48. The highest BCUT2D eigenvalue weighted by molar-refractivity contribution is 5.13. The fourth-order valence-corrected chi connectivity index (χ4v) is 3.40. The minimum absolute atomic E-state index is 0.174. The van der Waals surface area contributed by atoms with Crippen LogP contribution in [0, 0.1) is 34.5 Å². The fourth-order valence-electron chi connectivity index (χ4n) is 3.40. The first kappa shape index (κ1) is 15.5. The van der Waals surface area contributed by atoms with E-state index in [1.807, 2.05) is 6.92 Å². The van der Waals surface area contributed by atoms with Crippen molar-refractivity contribution in [1.29, 1.82) is 5.26 Å². The van der Waals surface area contributed by atoms with E-state index in [1.54, 1.807) is 0 Å². The molecule has 1 aliphatic carbocycles. The Kier molecular flexibility index (Phi) is 4.84. The molecule has 0 aromatic rings. The third kappa shape index (κ3) is 2.57. The zero-order valence-corrected chi connectivity index (χ0v) is 12.7. The van der Waals surface area contributed by atoms with Gasteiger partial charge in [0.2, 0.25) is 0 Å². The second-order valence-electron chi connectivity index (χ2n) is 6.73. The summed E-state index contributed by atoms with van der Waals surface area (Å²) in [7, 11) is 0. The van der Waals surface area contributed by atoms with Gasteiger partial charge < -0.3 is 5.11 Å². The van der Waals surface area contributed by atoms with Crippen molar-refractivity contribution in [3.8, 4) is 6.07 Å². The molecule has 0 radical (unpaired) electrons. The summed E-state index contributed by atoms with van der Waals surface area (Å²) >= 11 is 0. The van der Waals surface area contributed by atoms with Gasteiger partial charge in [-0.3, -0.25) is 0 Å². The zero-order valence-electron chi connectivity index (χ0n) is 12.7. The van der Waals surface area contributed by atoms with Gasteiger partial charge in [-0.25, -0.2) is 0 Å². The molecule has 1 N–H and O–H groups in total. The van der Waals surface area contributed by atoms with Gasteiger partial charge >= 0.3 is 0 Å². The maximum absolute atomic E-state index is 10.9. The molecule has 0 spiro atoms. The Balaban J connectivity index is 2.88. The van der Waals surface area contributed by atoms with Gasteiger partial charge in [-0.05, 0) is 50.4 Å². The number of nitrogens with zero attached hydrogens (tertiary/aromatic N) is 1. The van der Waals surface area contributed by atoms with Crippen LogP contribution in [-0.2, 0) is 0 Å². The number of hydrogen-bond donors (Lipinski definition) is 1. The van der Waals surface area contributed by atoms with Crippen molar-refractivity contribution in [3.05, 3.63) is 0 Å². The van der Waals surface area contributed by atoms with Crippen LogP contribution in [-0.4, -0.2) is 10.7 Å². The maximum atomic E-state index is 10.9. The predicted octanol–water partition coefficient (Wildman–Crippen LogP) is 4.14. The van der Waals surface area contributed by atoms with E-state index in [-0.39, 0.29) is 5.92 Å². The summed E-state index contributed by atoms with van der Waals surface area (Å²) in [6.07, 6.45) is 4.78. The summed E-state index contributed by atoms with van der Waals surface area (Å²) in [6, 6.07) is 2.48. The van der Waals surface area contributed by atoms with Gasteiger partial charge in [0, 0.05) is 0 Å². The SMILES string of the molecule is CCC(C)C(C)(O)C1(C#N)CCC(C(C)C)CC1. The van der Waals surface area contributed by atoms with E-state index >= 15 is 0 Å². The molecule has 2 atom stereocenters. The number of hydrogen-bond acceptors (Lipinski definition) is 2. The molecule has 1 rings (SSSR count). The lowest BCUT2D eigenvalue weighted by atomic mass is 9.58. The molecule has 104 valence electrons. The van der Waals surface area contributed by atoms with Crippen LogP contribution < -0.4 is 0 Å². The highest BCUT2D eigenvalue weighted by Crippen LogP contribution is 2.50. The Labute approximate surface area is 112 Å². The summed E-state index contributed by atoms with van der Waals surface area (Å²) in [6.45, 7) is 10.5. The molecule has 0 heterocycles. The molecule has 0 bridgehead atoms. The quantitative estimate of drug-likeness (QED) is 0.816. The summed E-state index contributed by atoms with van der Waals surface area (Å²) in [4.78, 5) is 0. The molecule has 18 heavy (non-hydrogen) atoms. The number of aliphatic hydroxyl groups is 1. The first-order chi connectivity index (χ1) is 8.30. The Bertz CT molecular complexity index is 306. The van der Waals surface area contributed by atoms with Crippen LogP contribution in [0.1, 0.15) is 66.7 Å². The van der Waals surface area contributed by atoms with E-state index in [2.05, 4.69) is 33.8 Å². The van der Waals surface area contributed by atoms with E-state index < -0.39 is 11.0 Å². The van der Waals surface area contributed by atoms with E-state index in [0.717, 1.165) is 38.0 Å². The van der Waals surface area contributed by atoms with E-state index in [9.17, 15) is 10.4 Å². The first-order valence-electron chi connectivity index (χ1n) is 7.44. The Morgan fingerprint density at radius 2 is 1.83 bits per heavy atom. The second-order valence-corrected chi connectivity index (χ2v) is 6.73. The maximum Gasteiger partial charge on any atom is 0.0860 e. The smallest absolute Gasteiger partial charge is 0.0860 e. The zero-order chi connectivity index (χ0) is 14.0. The van der Waals surface area contributed by atoms with Crippen molar-refractivity contribution < 1.29 is 5.11 Å². The topological polar surface area (TPSA) is 44.0 Å². The lowest BCUT2D eigenvalue weighted by molar-refractivity contribution is -0.104. The van der Waals surface area contributed by atoms with E-state index in [4.69, 9.17) is 0 Å². The second kappa shape index (κ2) is 5.61. The summed E-state index contributed by atoms with van der Waals surface area (Å²) in [5.74, 6) is 1.59. The molecule has 0 amide bonds. The van der Waals surface area contributed by atoms with Crippen molar-refractivity contribution >= 4 is 0 Å². The van der Waals surface area contributed by atoms with Crippen molar-refractivity contribution in [2.24, 2.45) is 23.2 Å². The summed E-state index contributed by atoms with van der Waals surface area (Å²) in [5.41, 5.74) is -1.40. The lowest BCUT2D eigenvalue weighted by Crippen LogP contribution is -2.51. The molecule has 0 aliphatic heterocycles. The first-order valence-corrected chi connectivity index (χ1v) is 7.44. The largest absolute Gasteiger partial charge is 0.388 e. The van der Waals surface area contributed by atoms with E-state index in [1.165, 1.54) is 0 Å². The average Bonchev–Trinajstić information content (AvgIpc) is 2.37. The van der Waals surface area contributed by atoms with Crippen LogP contribution >= 0.6 is 0 Å². The highest BCUT2D eigenvalue weighted by atomic mass is 16.3. The summed E-state index contributed by atoms with van der Waals surface area (Å²) in [5, 5.41) is 20.5. The molecule has 2 unspecified atom stereocenters. The van der Waals surface area contributed by atoms with Crippen molar-refractivity contribution in [1.82, 2.24) is 0 Å². The normalized spacial score (nSPS) is 33.8. The average molecular weight is 251 g/mol. The Morgan fingerprint density at radius 3 is 2.17 bits per heavy atom. The highest BCUT2D eigenvalue weighted by Gasteiger charge is 2.51. The standard InChI is InChI=1S/C16H29NO/c1-6-13(4)15(5,18)16(11-17)9-7-14(8-10-16)12(2)3/h12-14,18H,6-10H2,1-5H3. The predicted molar refractivity (Wildman–Crippen MR) is 74.9 cm³/mol. The third-order valence-electron chi connectivity index (χ3n) is 5.58.